The molecule has 1 aliphatic rings. The van der Waals surface area contributed by atoms with Crippen molar-refractivity contribution in [3.8, 4) is 11.4 Å². The third-order valence-corrected chi connectivity index (χ3v) is 4.44. The fraction of sp³-hybridized carbons (Fsp3) is 0.471. The molecule has 0 bridgehead atoms. The Morgan fingerprint density at radius 1 is 1.32 bits per heavy atom. The number of hydrogen-bond donors (Lipinski definition) is 1. The highest BCUT2D eigenvalue weighted by Crippen LogP contribution is 2.22. The van der Waals surface area contributed by atoms with E-state index in [0.29, 0.717) is 30.9 Å². The average Bonchev–Trinajstić information content (AvgIpc) is 3.07. The number of nitrogens with one attached hydrogen (secondary N) is 1. The lowest BCUT2D eigenvalue weighted by molar-refractivity contribution is -0.140. The van der Waals surface area contributed by atoms with Gasteiger partial charge in [0.1, 0.15) is 6.04 Å². The predicted molar refractivity (Wildman–Crippen MR) is 92.5 cm³/mol. The Hall–Kier alpha value is -2.77. The second-order valence-corrected chi connectivity index (χ2v) is 6.15. The van der Waals surface area contributed by atoms with E-state index in [1.165, 1.54) is 0 Å². The molecule has 8 heteroatoms. The molecule has 1 aromatic heterocycles. The second-order valence-electron chi connectivity index (χ2n) is 6.15. The van der Waals surface area contributed by atoms with E-state index in [2.05, 4.69) is 20.8 Å². The summed E-state index contributed by atoms with van der Waals surface area (Å²) in [7, 11) is 1.76. The molecular weight excluding hydrogens is 320 g/mol. The summed E-state index contributed by atoms with van der Waals surface area (Å²) in [4.78, 5) is 26.5. The van der Waals surface area contributed by atoms with Crippen LogP contribution in [0, 0.1) is 0 Å². The zero-order valence-corrected chi connectivity index (χ0v) is 14.5. The number of carbonyl (C=O) groups is 2. The lowest BCUT2D eigenvalue weighted by Gasteiger charge is -2.34. The van der Waals surface area contributed by atoms with Gasteiger partial charge in [-0.25, -0.2) is 4.68 Å². The van der Waals surface area contributed by atoms with E-state index in [-0.39, 0.29) is 11.8 Å². The summed E-state index contributed by atoms with van der Waals surface area (Å²) in [6.07, 6.45) is 3.02. The predicted octanol–water partition coefficient (Wildman–Crippen LogP) is 1.61. The molecule has 1 unspecified atom stereocenters. The minimum atomic E-state index is -0.402. The van der Waals surface area contributed by atoms with Gasteiger partial charge in [0.25, 0.3) is 0 Å². The van der Waals surface area contributed by atoms with Gasteiger partial charge in [0, 0.05) is 31.3 Å². The van der Waals surface area contributed by atoms with Gasteiger partial charge < -0.3 is 10.2 Å². The van der Waals surface area contributed by atoms with Crippen molar-refractivity contribution in [3.05, 3.63) is 24.3 Å². The SMILES string of the molecule is CCC(=O)N1CCCCC1C(=O)Nc1cccc(-c2nnnn2C)c1. The molecule has 1 fully saturated rings. The number of benzene rings is 1. The first-order chi connectivity index (χ1) is 12.1. The van der Waals surface area contributed by atoms with E-state index in [9.17, 15) is 9.59 Å². The molecule has 1 aromatic carbocycles. The molecule has 0 radical (unpaired) electrons. The van der Waals surface area contributed by atoms with Crippen molar-refractivity contribution in [1.29, 1.82) is 0 Å². The lowest BCUT2D eigenvalue weighted by Crippen LogP contribution is -2.49. The van der Waals surface area contributed by atoms with Gasteiger partial charge >= 0.3 is 0 Å². The molecule has 1 N–H and O–H groups in total. The third-order valence-electron chi connectivity index (χ3n) is 4.44. The normalized spacial score (nSPS) is 17.4. The van der Waals surface area contributed by atoms with Gasteiger partial charge in [0.15, 0.2) is 5.82 Å². The number of aromatic nitrogens is 4. The summed E-state index contributed by atoms with van der Waals surface area (Å²) in [5.41, 5.74) is 1.48. The van der Waals surface area contributed by atoms with Gasteiger partial charge in [-0.2, -0.15) is 0 Å². The monoisotopic (exact) mass is 342 g/mol. The molecule has 2 heterocycles. The first-order valence-electron chi connectivity index (χ1n) is 8.53. The molecule has 0 spiro atoms. The molecule has 25 heavy (non-hydrogen) atoms. The number of likely N-dealkylation sites (tertiary alicyclic amines) is 1. The summed E-state index contributed by atoms with van der Waals surface area (Å²) < 4.78 is 1.57. The zero-order valence-electron chi connectivity index (χ0n) is 14.5. The molecule has 1 atom stereocenters. The number of tetrazole rings is 1. The molecule has 2 aromatic rings. The highest BCUT2D eigenvalue weighted by atomic mass is 16.2. The summed E-state index contributed by atoms with van der Waals surface area (Å²) in [6, 6.07) is 6.98. The maximum atomic E-state index is 12.7. The van der Waals surface area contributed by atoms with Crippen LogP contribution in [0.25, 0.3) is 11.4 Å². The Kier molecular flexibility index (Phi) is 5.06. The number of piperidine rings is 1. The molecule has 0 aliphatic carbocycles. The Morgan fingerprint density at radius 2 is 2.16 bits per heavy atom. The number of amides is 2. The highest BCUT2D eigenvalue weighted by molar-refractivity contribution is 5.97. The van der Waals surface area contributed by atoms with Gasteiger partial charge in [-0.05, 0) is 41.8 Å². The number of hydrogen-bond acceptors (Lipinski definition) is 5. The molecule has 2 amide bonds. The Bertz CT molecular complexity index is 772. The van der Waals surface area contributed by atoms with Crippen molar-refractivity contribution >= 4 is 17.5 Å². The average molecular weight is 342 g/mol. The molecule has 8 nitrogen and oxygen atoms in total. The first-order valence-corrected chi connectivity index (χ1v) is 8.53. The van der Waals surface area contributed by atoms with E-state index >= 15 is 0 Å². The third kappa shape index (κ3) is 3.67. The number of aryl methyl sites for hydroxylation is 1. The van der Waals surface area contributed by atoms with Crippen LogP contribution >= 0.6 is 0 Å². The van der Waals surface area contributed by atoms with Crippen LogP contribution in [0.15, 0.2) is 24.3 Å². The Labute approximate surface area is 146 Å². The van der Waals surface area contributed by atoms with Crippen LogP contribution in [-0.2, 0) is 16.6 Å². The second kappa shape index (κ2) is 7.42. The highest BCUT2D eigenvalue weighted by Gasteiger charge is 2.31. The number of anilines is 1. The van der Waals surface area contributed by atoms with Crippen LogP contribution in [-0.4, -0.2) is 49.5 Å². The standard InChI is InChI=1S/C17H22N6O2/c1-3-15(24)23-10-5-4-9-14(23)17(25)18-13-8-6-7-12(11-13)16-19-20-21-22(16)2/h6-8,11,14H,3-5,9-10H2,1-2H3,(H,18,25). The van der Waals surface area contributed by atoms with E-state index < -0.39 is 6.04 Å². The van der Waals surface area contributed by atoms with Crippen molar-refractivity contribution in [3.63, 3.8) is 0 Å². The van der Waals surface area contributed by atoms with Crippen molar-refractivity contribution < 1.29 is 9.59 Å². The number of nitrogens with zero attached hydrogens (tertiary/aromatic N) is 5. The van der Waals surface area contributed by atoms with Gasteiger partial charge in [-0.15, -0.1) is 5.10 Å². The van der Waals surface area contributed by atoms with Crippen LogP contribution in [0.2, 0.25) is 0 Å². The lowest BCUT2D eigenvalue weighted by atomic mass is 10.0. The topological polar surface area (TPSA) is 93.0 Å². The summed E-state index contributed by atoms with van der Waals surface area (Å²) in [5.74, 6) is 0.505. The molecule has 132 valence electrons. The van der Waals surface area contributed by atoms with Crippen molar-refractivity contribution in [2.75, 3.05) is 11.9 Å². The fourth-order valence-corrected chi connectivity index (χ4v) is 3.14. The van der Waals surface area contributed by atoms with Crippen LogP contribution in [0.1, 0.15) is 32.6 Å². The minimum absolute atomic E-state index is 0.0266. The minimum Gasteiger partial charge on any atom is -0.331 e. The van der Waals surface area contributed by atoms with Crippen molar-refractivity contribution in [2.45, 2.75) is 38.6 Å². The Morgan fingerprint density at radius 3 is 2.88 bits per heavy atom. The van der Waals surface area contributed by atoms with Gasteiger partial charge in [0.05, 0.1) is 0 Å². The van der Waals surface area contributed by atoms with E-state index in [0.717, 1.165) is 18.4 Å². The van der Waals surface area contributed by atoms with Crippen LogP contribution in [0.4, 0.5) is 5.69 Å². The molecule has 1 aliphatic heterocycles. The zero-order chi connectivity index (χ0) is 17.8. The number of carbonyl (C=O) groups excluding carboxylic acids is 2. The molecular formula is C17H22N6O2. The van der Waals surface area contributed by atoms with Crippen LogP contribution in [0.5, 0.6) is 0 Å². The largest absolute Gasteiger partial charge is 0.331 e. The summed E-state index contributed by atoms with van der Waals surface area (Å²) in [5, 5.41) is 14.4. The van der Waals surface area contributed by atoms with E-state index in [1.807, 2.05) is 31.2 Å². The quantitative estimate of drug-likeness (QED) is 0.911. The van der Waals surface area contributed by atoms with E-state index in [1.54, 1.807) is 16.6 Å². The van der Waals surface area contributed by atoms with Crippen LogP contribution < -0.4 is 5.32 Å². The van der Waals surface area contributed by atoms with Crippen molar-refractivity contribution in [1.82, 2.24) is 25.1 Å². The summed E-state index contributed by atoms with van der Waals surface area (Å²) >= 11 is 0. The fourth-order valence-electron chi connectivity index (χ4n) is 3.14. The van der Waals surface area contributed by atoms with Gasteiger partial charge in [-0.3, -0.25) is 9.59 Å². The van der Waals surface area contributed by atoms with Crippen LogP contribution in [0.3, 0.4) is 0 Å². The van der Waals surface area contributed by atoms with Gasteiger partial charge in [-0.1, -0.05) is 19.1 Å². The Balaban J connectivity index is 1.76. The molecule has 3 rings (SSSR count). The number of rotatable bonds is 4. The summed E-state index contributed by atoms with van der Waals surface area (Å²) in [6.45, 7) is 2.47. The maximum absolute atomic E-state index is 12.7. The molecule has 0 saturated carbocycles. The van der Waals surface area contributed by atoms with Gasteiger partial charge in [0.2, 0.25) is 11.8 Å². The maximum Gasteiger partial charge on any atom is 0.247 e. The molecule has 1 saturated heterocycles. The van der Waals surface area contributed by atoms with Crippen molar-refractivity contribution in [2.24, 2.45) is 7.05 Å². The van der Waals surface area contributed by atoms with E-state index in [4.69, 9.17) is 0 Å². The first kappa shape index (κ1) is 17.1. The smallest absolute Gasteiger partial charge is 0.247 e.